The zero-order valence-corrected chi connectivity index (χ0v) is 11.1. The molecule has 2 heteroatoms. The molecule has 0 aliphatic carbocycles. The molecule has 0 heterocycles. The van der Waals surface area contributed by atoms with Crippen LogP contribution in [0, 0.1) is 5.92 Å². The first-order valence-electron chi connectivity index (χ1n) is 5.59. The van der Waals surface area contributed by atoms with Gasteiger partial charge in [-0.1, -0.05) is 6.92 Å². The predicted molar refractivity (Wildman–Crippen MR) is 64.7 cm³/mol. The van der Waals surface area contributed by atoms with E-state index in [4.69, 9.17) is 0 Å². The number of rotatable bonds is 5. The maximum absolute atomic E-state index is 2.44. The summed E-state index contributed by atoms with van der Waals surface area (Å²) in [6.45, 7) is 11.5. The van der Waals surface area contributed by atoms with E-state index in [-0.39, 0.29) is 0 Å². The maximum atomic E-state index is 2.44. The largest absolute Gasteiger partial charge is 0.309 e. The van der Waals surface area contributed by atoms with Gasteiger partial charge in [0.1, 0.15) is 0 Å². The summed E-state index contributed by atoms with van der Waals surface area (Å²) >= 11 is 0. The van der Waals surface area contributed by atoms with Crippen molar-refractivity contribution >= 4 is 0 Å². The lowest BCUT2D eigenvalue weighted by Crippen LogP contribution is -2.41. The second-order valence-corrected chi connectivity index (χ2v) is 5.75. The highest BCUT2D eigenvalue weighted by Crippen LogP contribution is 2.14. The van der Waals surface area contributed by atoms with Crippen molar-refractivity contribution in [1.82, 2.24) is 9.80 Å². The third kappa shape index (κ3) is 6.39. The van der Waals surface area contributed by atoms with Gasteiger partial charge in [-0.25, -0.2) is 0 Å². The van der Waals surface area contributed by atoms with Crippen LogP contribution in [0.4, 0.5) is 0 Å². The fourth-order valence-electron chi connectivity index (χ4n) is 1.31. The molecule has 1 atom stereocenters. The molecule has 0 aliphatic heterocycles. The van der Waals surface area contributed by atoms with Gasteiger partial charge < -0.3 is 9.80 Å². The molecule has 14 heavy (non-hydrogen) atoms. The van der Waals surface area contributed by atoms with Crippen molar-refractivity contribution in [1.29, 1.82) is 0 Å². The quantitative estimate of drug-likeness (QED) is 0.672. The molecule has 0 aliphatic rings. The lowest BCUT2D eigenvalue weighted by molar-refractivity contribution is 0.147. The van der Waals surface area contributed by atoms with Crippen LogP contribution in [-0.2, 0) is 0 Å². The van der Waals surface area contributed by atoms with E-state index in [0.29, 0.717) is 5.54 Å². The lowest BCUT2D eigenvalue weighted by Gasteiger charge is -2.34. The van der Waals surface area contributed by atoms with Crippen molar-refractivity contribution in [3.8, 4) is 0 Å². The van der Waals surface area contributed by atoms with E-state index in [1.54, 1.807) is 0 Å². The highest BCUT2D eigenvalue weighted by Gasteiger charge is 2.18. The van der Waals surface area contributed by atoms with Crippen molar-refractivity contribution < 1.29 is 0 Å². The summed E-state index contributed by atoms with van der Waals surface area (Å²) < 4.78 is 0. The van der Waals surface area contributed by atoms with Crippen LogP contribution < -0.4 is 0 Å². The molecule has 0 amide bonds. The summed E-state index contributed by atoms with van der Waals surface area (Å²) in [5, 5.41) is 0. The standard InChI is InChI=1S/C12H28N2/c1-11(8-9-13(5)6)10-14(7)12(2,3)4/h11H,8-10H2,1-7H3. The predicted octanol–water partition coefficient (Wildman–Crippen LogP) is 2.30. The monoisotopic (exact) mass is 200 g/mol. The van der Waals surface area contributed by atoms with Crippen molar-refractivity contribution in [3.63, 3.8) is 0 Å². The van der Waals surface area contributed by atoms with Gasteiger partial charge in [-0.2, -0.15) is 0 Å². The summed E-state index contributed by atoms with van der Waals surface area (Å²) in [7, 11) is 6.49. The second-order valence-electron chi connectivity index (χ2n) is 5.75. The van der Waals surface area contributed by atoms with Crippen molar-refractivity contribution in [2.24, 2.45) is 5.92 Å². The Labute approximate surface area is 90.3 Å². The number of hydrogen-bond donors (Lipinski definition) is 0. The van der Waals surface area contributed by atoms with Gasteiger partial charge in [-0.15, -0.1) is 0 Å². The molecule has 0 aromatic rings. The van der Waals surface area contributed by atoms with Crippen LogP contribution in [-0.4, -0.2) is 49.6 Å². The molecule has 0 saturated heterocycles. The zero-order chi connectivity index (χ0) is 11.4. The molecule has 0 radical (unpaired) electrons. The number of hydrogen-bond acceptors (Lipinski definition) is 2. The minimum absolute atomic E-state index is 0.298. The first-order chi connectivity index (χ1) is 6.23. The Kier molecular flexibility index (Phi) is 5.68. The summed E-state index contributed by atoms with van der Waals surface area (Å²) in [6.07, 6.45) is 1.29. The normalized spacial score (nSPS) is 15.2. The first-order valence-corrected chi connectivity index (χ1v) is 5.59. The smallest absolute Gasteiger partial charge is 0.0122 e. The van der Waals surface area contributed by atoms with Gasteiger partial charge in [0.25, 0.3) is 0 Å². The summed E-state index contributed by atoms with van der Waals surface area (Å²) in [5.41, 5.74) is 0.298. The van der Waals surface area contributed by atoms with E-state index in [2.05, 4.69) is 58.6 Å². The molecule has 0 rings (SSSR count). The van der Waals surface area contributed by atoms with Gasteiger partial charge in [0.2, 0.25) is 0 Å². The van der Waals surface area contributed by atoms with E-state index < -0.39 is 0 Å². The van der Waals surface area contributed by atoms with Gasteiger partial charge in [-0.05, 0) is 60.8 Å². The van der Waals surface area contributed by atoms with Gasteiger partial charge in [0, 0.05) is 12.1 Å². The van der Waals surface area contributed by atoms with Crippen LogP contribution >= 0.6 is 0 Å². The highest BCUT2D eigenvalue weighted by atomic mass is 15.2. The van der Waals surface area contributed by atoms with Gasteiger partial charge >= 0.3 is 0 Å². The Bertz CT molecular complexity index is 147. The Morgan fingerprint density at radius 1 is 1.07 bits per heavy atom. The minimum atomic E-state index is 0.298. The molecule has 1 unspecified atom stereocenters. The van der Waals surface area contributed by atoms with Crippen LogP contribution in [0.1, 0.15) is 34.1 Å². The van der Waals surface area contributed by atoms with Crippen molar-refractivity contribution in [2.75, 3.05) is 34.2 Å². The maximum Gasteiger partial charge on any atom is 0.0122 e. The lowest BCUT2D eigenvalue weighted by atomic mass is 10.0. The Hall–Kier alpha value is -0.0800. The van der Waals surface area contributed by atoms with Gasteiger partial charge in [-0.3, -0.25) is 0 Å². The molecule has 86 valence electrons. The first kappa shape index (κ1) is 13.9. The van der Waals surface area contributed by atoms with E-state index >= 15 is 0 Å². The van der Waals surface area contributed by atoms with Crippen LogP contribution in [0.15, 0.2) is 0 Å². The third-order valence-electron chi connectivity index (χ3n) is 2.80. The van der Waals surface area contributed by atoms with E-state index in [1.807, 2.05) is 0 Å². The van der Waals surface area contributed by atoms with E-state index in [9.17, 15) is 0 Å². The topological polar surface area (TPSA) is 6.48 Å². The SMILES string of the molecule is CC(CCN(C)C)CN(C)C(C)(C)C. The Morgan fingerprint density at radius 2 is 1.57 bits per heavy atom. The third-order valence-corrected chi connectivity index (χ3v) is 2.80. The molecule has 0 bridgehead atoms. The zero-order valence-electron chi connectivity index (χ0n) is 11.1. The molecular formula is C12H28N2. The molecule has 0 aromatic heterocycles. The molecule has 0 aromatic carbocycles. The van der Waals surface area contributed by atoms with Crippen LogP contribution in [0.2, 0.25) is 0 Å². The van der Waals surface area contributed by atoms with Gasteiger partial charge in [0.05, 0.1) is 0 Å². The van der Waals surface area contributed by atoms with Crippen molar-refractivity contribution in [2.45, 2.75) is 39.7 Å². The van der Waals surface area contributed by atoms with Crippen molar-refractivity contribution in [3.05, 3.63) is 0 Å². The average molecular weight is 200 g/mol. The molecule has 0 spiro atoms. The molecule has 0 saturated carbocycles. The molecular weight excluding hydrogens is 172 g/mol. The minimum Gasteiger partial charge on any atom is -0.309 e. The Balaban J connectivity index is 3.77. The van der Waals surface area contributed by atoms with E-state index in [0.717, 1.165) is 5.92 Å². The fourth-order valence-corrected chi connectivity index (χ4v) is 1.31. The second kappa shape index (κ2) is 5.72. The van der Waals surface area contributed by atoms with Gasteiger partial charge in [0.15, 0.2) is 0 Å². The molecule has 2 nitrogen and oxygen atoms in total. The molecule has 0 N–H and O–H groups in total. The van der Waals surface area contributed by atoms with Crippen LogP contribution in [0.25, 0.3) is 0 Å². The van der Waals surface area contributed by atoms with E-state index in [1.165, 1.54) is 19.5 Å². The molecule has 0 fully saturated rings. The van der Waals surface area contributed by atoms with Crippen LogP contribution in [0.5, 0.6) is 0 Å². The van der Waals surface area contributed by atoms with Crippen LogP contribution in [0.3, 0.4) is 0 Å². The Morgan fingerprint density at radius 3 is 1.93 bits per heavy atom. The number of nitrogens with zero attached hydrogens (tertiary/aromatic N) is 2. The average Bonchev–Trinajstić information content (AvgIpc) is 1.99. The summed E-state index contributed by atoms with van der Waals surface area (Å²) in [5.74, 6) is 0.779. The fraction of sp³-hybridized carbons (Fsp3) is 1.00. The highest BCUT2D eigenvalue weighted by molar-refractivity contribution is 4.74. The summed E-state index contributed by atoms with van der Waals surface area (Å²) in [4.78, 5) is 4.70. The summed E-state index contributed by atoms with van der Waals surface area (Å²) in [6, 6.07) is 0.